The average Bonchev–Trinajstić information content (AvgIpc) is 2.40. The molecule has 102 valence electrons. The Morgan fingerprint density at radius 3 is 2.63 bits per heavy atom. The van der Waals surface area contributed by atoms with E-state index in [0.717, 1.165) is 5.56 Å². The number of rotatable bonds is 6. The molecule has 0 aliphatic rings. The fourth-order valence-electron chi connectivity index (χ4n) is 1.46. The molecule has 0 aliphatic heterocycles. The highest BCUT2D eigenvalue weighted by atomic mass is 16.6. The third kappa shape index (κ3) is 4.51. The van der Waals surface area contributed by atoms with Gasteiger partial charge in [-0.05, 0) is 31.5 Å². The maximum atomic E-state index is 10.6. The van der Waals surface area contributed by atoms with E-state index in [0.29, 0.717) is 12.2 Å². The van der Waals surface area contributed by atoms with E-state index in [1.165, 1.54) is 18.3 Å². The van der Waals surface area contributed by atoms with E-state index in [4.69, 9.17) is 10.5 Å². The number of hydrogen-bond donors (Lipinski definition) is 1. The fourth-order valence-corrected chi connectivity index (χ4v) is 1.46. The van der Waals surface area contributed by atoms with Crippen molar-refractivity contribution in [1.29, 1.82) is 0 Å². The quantitative estimate of drug-likeness (QED) is 0.484. The first-order chi connectivity index (χ1) is 9.08. The van der Waals surface area contributed by atoms with Gasteiger partial charge < -0.3 is 10.5 Å². The van der Waals surface area contributed by atoms with Crippen molar-refractivity contribution in [3.63, 3.8) is 0 Å². The minimum absolute atomic E-state index is 0.0414. The summed E-state index contributed by atoms with van der Waals surface area (Å²) in [5.41, 5.74) is 7.02. The number of nitrogens with two attached hydrogens (primary N) is 1. The monoisotopic (exact) mass is 263 g/mol. The van der Waals surface area contributed by atoms with E-state index in [-0.39, 0.29) is 11.9 Å². The zero-order valence-corrected chi connectivity index (χ0v) is 10.9. The number of hydrogen-bond acceptors (Lipinski definition) is 5. The number of nitro groups is 1. The molecule has 6 heteroatoms. The molecule has 0 heterocycles. The number of ether oxygens (including phenoxy) is 1. The molecule has 0 saturated heterocycles. The number of benzene rings is 1. The second kappa shape index (κ2) is 7.27. The van der Waals surface area contributed by atoms with Crippen LogP contribution >= 0.6 is 0 Å². The molecule has 2 N–H and O–H groups in total. The Morgan fingerprint density at radius 1 is 1.53 bits per heavy atom. The van der Waals surface area contributed by atoms with E-state index in [2.05, 4.69) is 4.99 Å². The Kier molecular flexibility index (Phi) is 5.69. The Balaban J connectivity index is 2.84. The first-order valence-corrected chi connectivity index (χ1v) is 5.90. The molecule has 0 fully saturated rings. The molecule has 1 atom stereocenters. The van der Waals surface area contributed by atoms with Gasteiger partial charge in [-0.1, -0.05) is 0 Å². The first-order valence-electron chi connectivity index (χ1n) is 5.90. The topological polar surface area (TPSA) is 90.8 Å². The molecule has 1 unspecified atom stereocenters. The van der Waals surface area contributed by atoms with E-state index in [9.17, 15) is 10.1 Å². The van der Waals surface area contributed by atoms with Crippen LogP contribution in [0.15, 0.2) is 35.5 Å². The van der Waals surface area contributed by atoms with Gasteiger partial charge >= 0.3 is 0 Å². The van der Waals surface area contributed by atoms with E-state index >= 15 is 0 Å². The molecular formula is C13H17N3O3. The standard InChI is InChI=1S/C13H17N3O3/c1-3-19-10(2)15-9-12(8-14)11-4-6-13(7-5-11)16(17)18/h4-10H,3,14H2,1-2H3. The number of aliphatic imine (C=N–C) groups is 1. The van der Waals surface area contributed by atoms with Gasteiger partial charge in [0.05, 0.1) is 4.92 Å². The minimum Gasteiger partial charge on any atom is -0.404 e. The smallest absolute Gasteiger partial charge is 0.269 e. The SMILES string of the molecule is CCOC(C)N=CC(=CN)c1ccc([N+](=O)[O-])cc1. The van der Waals surface area contributed by atoms with Gasteiger partial charge in [0.25, 0.3) is 5.69 Å². The predicted octanol–water partition coefficient (Wildman–Crippen LogP) is 2.35. The van der Waals surface area contributed by atoms with Gasteiger partial charge in [0.1, 0.15) is 6.23 Å². The number of nitro benzene ring substituents is 1. The van der Waals surface area contributed by atoms with Gasteiger partial charge in [0, 0.05) is 36.7 Å². The molecule has 0 aliphatic carbocycles. The molecule has 1 aromatic rings. The second-order valence-electron chi connectivity index (χ2n) is 3.76. The number of non-ortho nitro benzene ring substituents is 1. The van der Waals surface area contributed by atoms with Gasteiger partial charge in [0.2, 0.25) is 0 Å². The van der Waals surface area contributed by atoms with E-state index in [1.54, 1.807) is 18.3 Å². The molecule has 0 aromatic heterocycles. The Morgan fingerprint density at radius 2 is 2.16 bits per heavy atom. The number of nitrogens with zero attached hydrogens (tertiary/aromatic N) is 2. The van der Waals surface area contributed by atoms with Crippen molar-refractivity contribution in [2.45, 2.75) is 20.1 Å². The summed E-state index contributed by atoms with van der Waals surface area (Å²) in [5, 5.41) is 10.6. The third-order valence-electron chi connectivity index (χ3n) is 2.42. The lowest BCUT2D eigenvalue weighted by Crippen LogP contribution is -2.05. The normalized spacial score (nSPS) is 13.7. The molecular weight excluding hydrogens is 246 g/mol. The molecule has 0 radical (unpaired) electrons. The summed E-state index contributed by atoms with van der Waals surface area (Å²) >= 11 is 0. The highest BCUT2D eigenvalue weighted by Crippen LogP contribution is 2.17. The summed E-state index contributed by atoms with van der Waals surface area (Å²) in [6.45, 7) is 4.30. The zero-order valence-electron chi connectivity index (χ0n) is 10.9. The predicted molar refractivity (Wildman–Crippen MR) is 74.8 cm³/mol. The minimum atomic E-state index is -0.444. The number of allylic oxidation sites excluding steroid dienone is 1. The van der Waals surface area contributed by atoms with Gasteiger partial charge in [-0.3, -0.25) is 15.1 Å². The molecule has 0 bridgehead atoms. The molecule has 6 nitrogen and oxygen atoms in total. The van der Waals surface area contributed by atoms with Crippen LogP contribution in [0.4, 0.5) is 5.69 Å². The summed E-state index contributed by atoms with van der Waals surface area (Å²) < 4.78 is 5.27. The van der Waals surface area contributed by atoms with Gasteiger partial charge in [0.15, 0.2) is 0 Å². The van der Waals surface area contributed by atoms with Crippen molar-refractivity contribution in [3.05, 3.63) is 46.1 Å². The van der Waals surface area contributed by atoms with Crippen LogP contribution in [0.2, 0.25) is 0 Å². The van der Waals surface area contributed by atoms with Crippen molar-refractivity contribution in [2.75, 3.05) is 6.61 Å². The maximum Gasteiger partial charge on any atom is 0.269 e. The summed E-state index contributed by atoms with van der Waals surface area (Å²) in [6.07, 6.45) is 2.75. The largest absolute Gasteiger partial charge is 0.404 e. The van der Waals surface area contributed by atoms with Crippen LogP contribution < -0.4 is 5.73 Å². The maximum absolute atomic E-state index is 10.6. The lowest BCUT2D eigenvalue weighted by atomic mass is 10.1. The van der Waals surface area contributed by atoms with Crippen LogP contribution in [0.3, 0.4) is 0 Å². The molecule has 19 heavy (non-hydrogen) atoms. The van der Waals surface area contributed by atoms with Gasteiger partial charge in [-0.25, -0.2) is 0 Å². The average molecular weight is 263 g/mol. The molecule has 1 rings (SSSR count). The summed E-state index contributed by atoms with van der Waals surface area (Å²) in [5.74, 6) is 0. The summed E-state index contributed by atoms with van der Waals surface area (Å²) in [4.78, 5) is 14.3. The van der Waals surface area contributed by atoms with Gasteiger partial charge in [-0.2, -0.15) is 0 Å². The van der Waals surface area contributed by atoms with Crippen molar-refractivity contribution in [2.24, 2.45) is 10.7 Å². The first kappa shape index (κ1) is 14.8. The van der Waals surface area contributed by atoms with Crippen LogP contribution in [0.25, 0.3) is 5.57 Å². The van der Waals surface area contributed by atoms with E-state index < -0.39 is 4.92 Å². The molecule has 0 spiro atoms. The highest BCUT2D eigenvalue weighted by Gasteiger charge is 2.06. The lowest BCUT2D eigenvalue weighted by molar-refractivity contribution is -0.384. The second-order valence-corrected chi connectivity index (χ2v) is 3.76. The van der Waals surface area contributed by atoms with Crippen molar-refractivity contribution < 1.29 is 9.66 Å². The van der Waals surface area contributed by atoms with Gasteiger partial charge in [-0.15, -0.1) is 0 Å². The van der Waals surface area contributed by atoms with Crippen LogP contribution in [0.5, 0.6) is 0 Å². The van der Waals surface area contributed by atoms with E-state index in [1.807, 2.05) is 13.8 Å². The van der Waals surface area contributed by atoms with Crippen LogP contribution in [-0.2, 0) is 4.74 Å². The van der Waals surface area contributed by atoms with Crippen molar-refractivity contribution in [3.8, 4) is 0 Å². The Labute approximate surface area is 111 Å². The van der Waals surface area contributed by atoms with Crippen LogP contribution in [0.1, 0.15) is 19.4 Å². The molecule has 0 saturated carbocycles. The Hall–Kier alpha value is -2.21. The van der Waals surface area contributed by atoms with Crippen LogP contribution in [-0.4, -0.2) is 24.0 Å². The lowest BCUT2D eigenvalue weighted by Gasteiger charge is -2.06. The fraction of sp³-hybridized carbons (Fsp3) is 0.308. The molecule has 1 aromatic carbocycles. The molecule has 0 amide bonds. The van der Waals surface area contributed by atoms with Crippen LogP contribution in [0, 0.1) is 10.1 Å². The zero-order chi connectivity index (χ0) is 14.3. The van der Waals surface area contributed by atoms with Crippen molar-refractivity contribution in [1.82, 2.24) is 0 Å². The third-order valence-corrected chi connectivity index (χ3v) is 2.42. The summed E-state index contributed by atoms with van der Waals surface area (Å²) in [7, 11) is 0. The Bertz CT molecular complexity index is 480. The summed E-state index contributed by atoms with van der Waals surface area (Å²) in [6, 6.07) is 6.12. The van der Waals surface area contributed by atoms with Crippen molar-refractivity contribution >= 4 is 17.5 Å². The highest BCUT2D eigenvalue weighted by molar-refractivity contribution is 6.09.